The van der Waals surface area contributed by atoms with Crippen LogP contribution in [0.1, 0.15) is 44.9 Å². The van der Waals surface area contributed by atoms with E-state index in [0.29, 0.717) is 43.7 Å². The van der Waals surface area contributed by atoms with Gasteiger partial charge in [0.05, 0.1) is 16.9 Å². The number of carbonyl (C=O) groups excluding carboxylic acids is 1. The highest BCUT2D eigenvalue weighted by Crippen LogP contribution is 2.25. The monoisotopic (exact) mass is 428 g/mol. The number of benzene rings is 1. The average molecular weight is 429 g/mol. The number of nitrogens with zero attached hydrogens (tertiary/aromatic N) is 1. The number of ether oxygens (including phenoxy) is 1. The summed E-state index contributed by atoms with van der Waals surface area (Å²) >= 11 is 5.85. The quantitative estimate of drug-likeness (QED) is 0.645. The summed E-state index contributed by atoms with van der Waals surface area (Å²) in [6, 6.07) is 6.14. The Hall–Kier alpha value is -1.15. The van der Waals surface area contributed by atoms with Crippen LogP contribution in [-0.4, -0.2) is 51.0 Å². The van der Waals surface area contributed by atoms with Gasteiger partial charge in [-0.2, -0.15) is 4.31 Å². The van der Waals surface area contributed by atoms with E-state index in [4.69, 9.17) is 16.3 Å². The zero-order valence-corrected chi connectivity index (χ0v) is 17.7. The fourth-order valence-electron chi connectivity index (χ4n) is 3.86. The Labute approximate surface area is 172 Å². The average Bonchev–Trinajstić information content (AvgIpc) is 3.21. The van der Waals surface area contributed by atoms with Gasteiger partial charge in [-0.3, -0.25) is 4.79 Å². The zero-order chi connectivity index (χ0) is 20.0. The molecule has 1 unspecified atom stereocenters. The first-order valence-electron chi connectivity index (χ1n) is 10.1. The van der Waals surface area contributed by atoms with Crippen LogP contribution in [0.2, 0.25) is 5.02 Å². The molecule has 0 spiro atoms. The Bertz CT molecular complexity index is 748. The lowest BCUT2D eigenvalue weighted by molar-refractivity contribution is -0.126. The third-order valence-electron chi connectivity index (χ3n) is 5.48. The molecule has 0 radical (unpaired) electrons. The van der Waals surface area contributed by atoms with E-state index in [1.54, 1.807) is 12.1 Å². The van der Waals surface area contributed by atoms with E-state index in [0.717, 1.165) is 19.3 Å². The second kappa shape index (κ2) is 10.1. The summed E-state index contributed by atoms with van der Waals surface area (Å²) in [5.41, 5.74) is 0. The van der Waals surface area contributed by atoms with E-state index >= 15 is 0 Å². The van der Waals surface area contributed by atoms with Crippen LogP contribution in [0.15, 0.2) is 29.2 Å². The molecule has 156 valence electrons. The Morgan fingerprint density at radius 2 is 1.86 bits per heavy atom. The highest BCUT2D eigenvalue weighted by atomic mass is 35.5. The molecule has 1 saturated heterocycles. The lowest BCUT2D eigenvalue weighted by Crippen LogP contribution is -2.45. The van der Waals surface area contributed by atoms with Gasteiger partial charge in [-0.05, 0) is 56.4 Å². The molecular weight excluding hydrogens is 400 g/mol. The first-order chi connectivity index (χ1) is 13.5. The maximum atomic E-state index is 12.8. The highest BCUT2D eigenvalue weighted by molar-refractivity contribution is 7.89. The predicted octanol–water partition coefficient (Wildman–Crippen LogP) is 3.21. The topological polar surface area (TPSA) is 75.7 Å². The molecule has 2 aliphatic rings. The van der Waals surface area contributed by atoms with Gasteiger partial charge in [0.2, 0.25) is 15.9 Å². The maximum absolute atomic E-state index is 12.8. The number of hydrogen-bond donors (Lipinski definition) is 1. The minimum atomic E-state index is -3.61. The van der Waals surface area contributed by atoms with Crippen molar-refractivity contribution in [3.05, 3.63) is 29.3 Å². The molecule has 8 heteroatoms. The molecule has 28 heavy (non-hydrogen) atoms. The van der Waals surface area contributed by atoms with Crippen LogP contribution >= 0.6 is 11.6 Å². The van der Waals surface area contributed by atoms with Crippen LogP contribution in [0.25, 0.3) is 0 Å². The molecule has 3 rings (SSSR count). The molecular formula is C20H29ClN2O4S. The Balaban J connectivity index is 1.45. The molecule has 1 heterocycles. The molecule has 1 aliphatic heterocycles. The number of piperidine rings is 1. The summed E-state index contributed by atoms with van der Waals surface area (Å²) in [5.74, 6) is -0.386. The number of rotatable bonds is 8. The van der Waals surface area contributed by atoms with Crippen molar-refractivity contribution >= 4 is 27.5 Å². The third-order valence-corrected chi connectivity index (χ3v) is 7.61. The first kappa shape index (κ1) is 21.6. The summed E-state index contributed by atoms with van der Waals surface area (Å²) in [5, 5.41) is 3.43. The van der Waals surface area contributed by atoms with E-state index in [2.05, 4.69) is 5.32 Å². The molecule has 1 atom stereocenters. The summed E-state index contributed by atoms with van der Waals surface area (Å²) in [6.45, 7) is 1.87. The van der Waals surface area contributed by atoms with Crippen molar-refractivity contribution in [2.45, 2.75) is 55.9 Å². The van der Waals surface area contributed by atoms with Crippen molar-refractivity contribution in [1.29, 1.82) is 0 Å². The van der Waals surface area contributed by atoms with Crippen molar-refractivity contribution in [2.24, 2.45) is 5.92 Å². The van der Waals surface area contributed by atoms with Crippen molar-refractivity contribution in [3.8, 4) is 0 Å². The fraction of sp³-hybridized carbons (Fsp3) is 0.650. The molecule has 1 N–H and O–H groups in total. The maximum Gasteiger partial charge on any atom is 0.243 e. The Morgan fingerprint density at radius 1 is 1.14 bits per heavy atom. The second-order valence-corrected chi connectivity index (χ2v) is 9.95. The number of carbonyl (C=O) groups is 1. The van der Waals surface area contributed by atoms with E-state index in [1.807, 2.05) is 0 Å². The van der Waals surface area contributed by atoms with Gasteiger partial charge in [-0.1, -0.05) is 24.4 Å². The van der Waals surface area contributed by atoms with Gasteiger partial charge in [-0.25, -0.2) is 8.42 Å². The van der Waals surface area contributed by atoms with Crippen LogP contribution in [0.4, 0.5) is 0 Å². The van der Waals surface area contributed by atoms with E-state index in [-0.39, 0.29) is 23.3 Å². The minimum absolute atomic E-state index is 0.0723. The molecule has 0 aromatic heterocycles. The standard InChI is InChI=1S/C20H29ClN2O4S/c21-17-8-10-19(11-9-17)28(25,26)23-13-3-5-16(15-23)20(24)22-12-4-14-27-18-6-1-2-7-18/h8-11,16,18H,1-7,12-15H2,(H,22,24). The van der Waals surface area contributed by atoms with Gasteiger partial charge >= 0.3 is 0 Å². The lowest BCUT2D eigenvalue weighted by Gasteiger charge is -2.31. The molecule has 1 aliphatic carbocycles. The van der Waals surface area contributed by atoms with Gasteiger partial charge in [0.1, 0.15) is 0 Å². The fourth-order valence-corrected chi connectivity index (χ4v) is 5.51. The van der Waals surface area contributed by atoms with Gasteiger partial charge in [0.25, 0.3) is 0 Å². The normalized spacial score (nSPS) is 21.7. The largest absolute Gasteiger partial charge is 0.378 e. The summed E-state index contributed by atoms with van der Waals surface area (Å²) < 4.78 is 32.9. The first-order valence-corrected chi connectivity index (χ1v) is 11.9. The smallest absolute Gasteiger partial charge is 0.243 e. The minimum Gasteiger partial charge on any atom is -0.378 e. The molecule has 1 saturated carbocycles. The van der Waals surface area contributed by atoms with Crippen LogP contribution in [0, 0.1) is 5.92 Å². The van der Waals surface area contributed by atoms with Crippen LogP contribution in [0.3, 0.4) is 0 Å². The predicted molar refractivity (Wildman–Crippen MR) is 109 cm³/mol. The molecule has 6 nitrogen and oxygen atoms in total. The molecule has 1 aromatic rings. The van der Waals surface area contributed by atoms with Crippen LogP contribution < -0.4 is 5.32 Å². The number of halogens is 1. The van der Waals surface area contributed by atoms with Crippen molar-refractivity contribution < 1.29 is 17.9 Å². The number of sulfonamides is 1. The Morgan fingerprint density at radius 3 is 2.57 bits per heavy atom. The second-order valence-electron chi connectivity index (χ2n) is 7.58. The highest BCUT2D eigenvalue weighted by Gasteiger charge is 2.33. The van der Waals surface area contributed by atoms with Gasteiger partial charge in [0.15, 0.2) is 0 Å². The van der Waals surface area contributed by atoms with Crippen LogP contribution in [-0.2, 0) is 19.6 Å². The van der Waals surface area contributed by atoms with Gasteiger partial charge in [0, 0.05) is 31.3 Å². The third kappa shape index (κ3) is 5.69. The molecule has 2 fully saturated rings. The molecule has 1 aromatic carbocycles. The van der Waals surface area contributed by atoms with Crippen LogP contribution in [0.5, 0.6) is 0 Å². The summed E-state index contributed by atoms with van der Waals surface area (Å²) in [6.07, 6.45) is 7.34. The van der Waals surface area contributed by atoms with E-state index in [9.17, 15) is 13.2 Å². The van der Waals surface area contributed by atoms with Crippen molar-refractivity contribution in [2.75, 3.05) is 26.2 Å². The number of amides is 1. The molecule has 0 bridgehead atoms. The van der Waals surface area contributed by atoms with E-state index < -0.39 is 10.0 Å². The molecule has 1 amide bonds. The van der Waals surface area contributed by atoms with E-state index in [1.165, 1.54) is 29.3 Å². The number of nitrogens with one attached hydrogen (secondary N) is 1. The van der Waals surface area contributed by atoms with Crippen molar-refractivity contribution in [1.82, 2.24) is 9.62 Å². The zero-order valence-electron chi connectivity index (χ0n) is 16.1. The number of hydrogen-bond acceptors (Lipinski definition) is 4. The van der Waals surface area contributed by atoms with Gasteiger partial charge in [-0.15, -0.1) is 0 Å². The summed E-state index contributed by atoms with van der Waals surface area (Å²) in [7, 11) is -3.61. The SMILES string of the molecule is O=C(NCCCOC1CCCC1)C1CCCN(S(=O)(=O)c2ccc(Cl)cc2)C1. The lowest BCUT2D eigenvalue weighted by atomic mass is 9.99. The Kier molecular flexibility index (Phi) is 7.74. The van der Waals surface area contributed by atoms with Crippen molar-refractivity contribution in [3.63, 3.8) is 0 Å². The summed E-state index contributed by atoms with van der Waals surface area (Å²) in [4.78, 5) is 12.7. The van der Waals surface area contributed by atoms with Gasteiger partial charge < -0.3 is 10.1 Å².